The Morgan fingerprint density at radius 3 is 3.06 bits per heavy atom. The fourth-order valence-electron chi connectivity index (χ4n) is 2.48. The first-order valence-corrected chi connectivity index (χ1v) is 6.64. The average molecular weight is 252 g/mol. The number of hydrogen-bond donors (Lipinski definition) is 1. The highest BCUT2D eigenvalue weighted by Crippen LogP contribution is 2.16. The minimum Gasteiger partial charge on any atom is -0.383 e. The van der Waals surface area contributed by atoms with Crippen LogP contribution in [0.25, 0.3) is 0 Å². The molecule has 0 aliphatic carbocycles. The van der Waals surface area contributed by atoms with Crippen molar-refractivity contribution >= 4 is 5.95 Å². The molecule has 102 valence electrons. The first kappa shape index (κ1) is 13.4. The molecule has 5 nitrogen and oxygen atoms in total. The van der Waals surface area contributed by atoms with Crippen molar-refractivity contribution in [2.24, 2.45) is 5.92 Å². The molecule has 1 unspecified atom stereocenters. The summed E-state index contributed by atoms with van der Waals surface area (Å²) in [7, 11) is 3.91. The Morgan fingerprint density at radius 2 is 2.39 bits per heavy atom. The predicted molar refractivity (Wildman–Crippen MR) is 72.9 cm³/mol. The summed E-state index contributed by atoms with van der Waals surface area (Å²) in [5.41, 5.74) is 1.05. The molecule has 1 atom stereocenters. The van der Waals surface area contributed by atoms with E-state index in [1.807, 2.05) is 6.92 Å². The lowest BCUT2D eigenvalue weighted by Gasteiger charge is -2.13. The Labute approximate surface area is 109 Å². The quantitative estimate of drug-likeness (QED) is 0.826. The molecule has 18 heavy (non-hydrogen) atoms. The van der Waals surface area contributed by atoms with Gasteiger partial charge in [0.25, 0.3) is 0 Å². The lowest BCUT2D eigenvalue weighted by Crippen LogP contribution is -2.20. The number of anilines is 1. The van der Waals surface area contributed by atoms with Crippen LogP contribution in [0.3, 0.4) is 0 Å². The highest BCUT2D eigenvalue weighted by molar-refractivity contribution is 5.28. The number of rotatable bonds is 6. The van der Waals surface area contributed by atoms with E-state index in [1.54, 1.807) is 7.11 Å². The molecule has 1 saturated heterocycles. The number of nitrogens with one attached hydrogen (secondary N) is 1. The maximum Gasteiger partial charge on any atom is 0.203 e. The number of methoxy groups -OCH3 is 1. The number of hydrogen-bond acceptors (Lipinski definition) is 4. The average Bonchev–Trinajstić information content (AvgIpc) is 2.90. The van der Waals surface area contributed by atoms with Crippen molar-refractivity contribution in [2.45, 2.75) is 19.9 Å². The molecule has 0 amide bonds. The van der Waals surface area contributed by atoms with Crippen molar-refractivity contribution in [2.75, 3.05) is 45.7 Å². The largest absolute Gasteiger partial charge is 0.383 e. The van der Waals surface area contributed by atoms with E-state index in [-0.39, 0.29) is 0 Å². The lowest BCUT2D eigenvalue weighted by molar-refractivity contribution is 0.187. The zero-order chi connectivity index (χ0) is 13.0. The van der Waals surface area contributed by atoms with E-state index in [0.29, 0.717) is 0 Å². The molecule has 0 aromatic carbocycles. The van der Waals surface area contributed by atoms with Crippen LogP contribution in [0.2, 0.25) is 0 Å². The molecule has 1 aliphatic rings. The van der Waals surface area contributed by atoms with Gasteiger partial charge in [-0.2, -0.15) is 0 Å². The summed E-state index contributed by atoms with van der Waals surface area (Å²) >= 11 is 0. The van der Waals surface area contributed by atoms with Crippen molar-refractivity contribution in [3.05, 3.63) is 11.9 Å². The van der Waals surface area contributed by atoms with Gasteiger partial charge < -0.3 is 19.5 Å². The van der Waals surface area contributed by atoms with Crippen LogP contribution in [-0.4, -0.2) is 54.8 Å². The third-order valence-corrected chi connectivity index (χ3v) is 3.47. The topological polar surface area (TPSA) is 42.3 Å². The monoisotopic (exact) mass is 252 g/mol. The Hall–Kier alpha value is -1.07. The molecule has 1 fully saturated rings. The van der Waals surface area contributed by atoms with Gasteiger partial charge in [-0.25, -0.2) is 4.98 Å². The van der Waals surface area contributed by atoms with Gasteiger partial charge in [0, 0.05) is 32.9 Å². The van der Waals surface area contributed by atoms with E-state index in [4.69, 9.17) is 4.74 Å². The van der Waals surface area contributed by atoms with E-state index in [9.17, 15) is 0 Å². The molecular weight excluding hydrogens is 228 g/mol. The van der Waals surface area contributed by atoms with E-state index in [1.165, 1.54) is 19.5 Å². The first-order valence-electron chi connectivity index (χ1n) is 6.64. The maximum absolute atomic E-state index is 5.12. The summed E-state index contributed by atoms with van der Waals surface area (Å²) in [6, 6.07) is 0. The summed E-state index contributed by atoms with van der Waals surface area (Å²) < 4.78 is 7.26. The predicted octanol–water partition coefficient (Wildman–Crippen LogP) is 1.20. The van der Waals surface area contributed by atoms with Crippen LogP contribution in [0.5, 0.6) is 0 Å². The first-order chi connectivity index (χ1) is 8.69. The van der Waals surface area contributed by atoms with Crippen LogP contribution >= 0.6 is 0 Å². The van der Waals surface area contributed by atoms with Gasteiger partial charge in [0.1, 0.15) is 0 Å². The van der Waals surface area contributed by atoms with E-state index in [2.05, 4.69) is 33.0 Å². The summed E-state index contributed by atoms with van der Waals surface area (Å²) in [5, 5.41) is 3.48. The van der Waals surface area contributed by atoms with Crippen LogP contribution < -0.4 is 5.32 Å². The third-order valence-electron chi connectivity index (χ3n) is 3.47. The number of nitrogens with zero attached hydrogens (tertiary/aromatic N) is 3. The second-order valence-corrected chi connectivity index (χ2v) is 5.19. The Morgan fingerprint density at radius 1 is 1.56 bits per heavy atom. The fraction of sp³-hybridized carbons (Fsp3) is 0.769. The second-order valence-electron chi connectivity index (χ2n) is 5.19. The molecule has 1 N–H and O–H groups in total. The second kappa shape index (κ2) is 6.20. The Balaban J connectivity index is 1.87. The molecule has 5 heteroatoms. The van der Waals surface area contributed by atoms with Crippen LogP contribution in [0.15, 0.2) is 6.20 Å². The molecule has 1 aromatic heterocycles. The van der Waals surface area contributed by atoms with Crippen LogP contribution in [0.1, 0.15) is 12.1 Å². The minimum atomic E-state index is 0.719. The third kappa shape index (κ3) is 3.46. The summed E-state index contributed by atoms with van der Waals surface area (Å²) in [5.74, 6) is 1.71. The smallest absolute Gasteiger partial charge is 0.203 e. The van der Waals surface area contributed by atoms with Gasteiger partial charge in [0.05, 0.1) is 12.3 Å². The summed E-state index contributed by atoms with van der Waals surface area (Å²) in [6.07, 6.45) is 3.35. The van der Waals surface area contributed by atoms with Gasteiger partial charge in [-0.3, -0.25) is 0 Å². The highest BCUT2D eigenvalue weighted by atomic mass is 16.5. The Bertz CT molecular complexity index is 377. The zero-order valence-electron chi connectivity index (χ0n) is 11.6. The molecule has 0 radical (unpaired) electrons. The number of aryl methyl sites for hydroxylation is 1. The molecule has 2 heterocycles. The van der Waals surface area contributed by atoms with Gasteiger partial charge in [0.2, 0.25) is 5.95 Å². The van der Waals surface area contributed by atoms with Crippen LogP contribution in [-0.2, 0) is 11.3 Å². The van der Waals surface area contributed by atoms with Gasteiger partial charge >= 0.3 is 0 Å². The molecule has 1 aromatic rings. The van der Waals surface area contributed by atoms with Crippen molar-refractivity contribution < 1.29 is 4.74 Å². The highest BCUT2D eigenvalue weighted by Gasteiger charge is 2.19. The number of ether oxygens (including phenoxy) is 1. The maximum atomic E-state index is 5.12. The number of likely N-dealkylation sites (tertiary alicyclic amines) is 1. The normalized spacial score (nSPS) is 20.5. The lowest BCUT2D eigenvalue weighted by atomic mass is 10.1. The zero-order valence-corrected chi connectivity index (χ0v) is 11.6. The molecule has 0 spiro atoms. The fourth-order valence-corrected chi connectivity index (χ4v) is 2.48. The van der Waals surface area contributed by atoms with Crippen LogP contribution in [0.4, 0.5) is 5.95 Å². The molecule has 2 rings (SSSR count). The SMILES string of the molecule is COCCn1cc(C)nc1NCC1CCN(C)C1. The van der Waals surface area contributed by atoms with E-state index in [0.717, 1.165) is 37.3 Å². The van der Waals surface area contributed by atoms with Gasteiger partial charge in [-0.05, 0) is 32.9 Å². The molecule has 0 bridgehead atoms. The van der Waals surface area contributed by atoms with Gasteiger partial charge in [-0.15, -0.1) is 0 Å². The molecule has 1 aliphatic heterocycles. The minimum absolute atomic E-state index is 0.719. The Kier molecular flexibility index (Phi) is 4.60. The van der Waals surface area contributed by atoms with Gasteiger partial charge in [0.15, 0.2) is 0 Å². The standard InChI is InChI=1S/C13H24N4O/c1-11-9-17(6-7-18-3)13(15-11)14-8-12-4-5-16(2)10-12/h9,12H,4-8,10H2,1-3H3,(H,14,15). The van der Waals surface area contributed by atoms with Crippen molar-refractivity contribution in [1.82, 2.24) is 14.5 Å². The van der Waals surface area contributed by atoms with E-state index >= 15 is 0 Å². The molecule has 0 saturated carbocycles. The van der Waals surface area contributed by atoms with Gasteiger partial charge in [-0.1, -0.05) is 0 Å². The molecular formula is C13H24N4O. The van der Waals surface area contributed by atoms with E-state index < -0.39 is 0 Å². The van der Waals surface area contributed by atoms with Crippen molar-refractivity contribution in [1.29, 1.82) is 0 Å². The number of imidazole rings is 1. The summed E-state index contributed by atoms with van der Waals surface area (Å²) in [6.45, 7) is 7.00. The van der Waals surface area contributed by atoms with Crippen LogP contribution in [0, 0.1) is 12.8 Å². The summed E-state index contributed by atoms with van der Waals surface area (Å²) in [4.78, 5) is 6.91. The van der Waals surface area contributed by atoms with Crippen molar-refractivity contribution in [3.63, 3.8) is 0 Å². The van der Waals surface area contributed by atoms with Crippen molar-refractivity contribution in [3.8, 4) is 0 Å². The number of aromatic nitrogens is 2.